The Labute approximate surface area is 130 Å². The summed E-state index contributed by atoms with van der Waals surface area (Å²) in [4.78, 5) is 26.0. The zero-order chi connectivity index (χ0) is 16.1. The third-order valence-corrected chi connectivity index (χ3v) is 3.89. The second-order valence-corrected chi connectivity index (χ2v) is 6.25. The number of carbonyl (C=O) groups excluding carboxylic acids is 2. The predicted octanol–water partition coefficient (Wildman–Crippen LogP) is 3.05. The summed E-state index contributed by atoms with van der Waals surface area (Å²) in [5, 5.41) is 2.75. The van der Waals surface area contributed by atoms with Crippen LogP contribution in [0.25, 0.3) is 0 Å². The topological polar surface area (TPSA) is 49.4 Å². The van der Waals surface area contributed by atoms with Gasteiger partial charge in [-0.3, -0.25) is 9.59 Å². The van der Waals surface area contributed by atoms with E-state index < -0.39 is 0 Å². The minimum atomic E-state index is -0.369. The number of likely N-dealkylation sites (tertiary alicyclic amines) is 1. The molecule has 0 aliphatic carbocycles. The van der Waals surface area contributed by atoms with E-state index in [0.717, 1.165) is 0 Å². The highest BCUT2D eigenvalue weighted by molar-refractivity contribution is 5.92. The highest BCUT2D eigenvalue weighted by Crippen LogP contribution is 2.21. The zero-order valence-corrected chi connectivity index (χ0v) is 13.1. The van der Waals surface area contributed by atoms with Crippen molar-refractivity contribution in [2.75, 3.05) is 18.4 Å². The molecule has 1 fully saturated rings. The first-order valence-electron chi connectivity index (χ1n) is 7.80. The Kier molecular flexibility index (Phi) is 5.52. The summed E-state index contributed by atoms with van der Waals surface area (Å²) in [5.41, 5.74) is 0.475. The number of halogens is 1. The lowest BCUT2D eigenvalue weighted by Crippen LogP contribution is -2.41. The van der Waals surface area contributed by atoms with Crippen molar-refractivity contribution in [3.8, 4) is 0 Å². The number of hydrogen-bond donors (Lipinski definition) is 1. The van der Waals surface area contributed by atoms with Gasteiger partial charge in [0.1, 0.15) is 5.82 Å². The second kappa shape index (κ2) is 7.38. The molecule has 1 aliphatic heterocycles. The maximum atomic E-state index is 13.1. The summed E-state index contributed by atoms with van der Waals surface area (Å²) in [6.07, 6.45) is 1.87. The Balaban J connectivity index is 1.83. The fraction of sp³-hybridized carbons (Fsp3) is 0.529. The predicted molar refractivity (Wildman–Crippen MR) is 83.8 cm³/mol. The van der Waals surface area contributed by atoms with Crippen molar-refractivity contribution in [1.29, 1.82) is 0 Å². The molecule has 0 bridgehead atoms. The lowest BCUT2D eigenvalue weighted by atomic mass is 9.95. The number of benzene rings is 1. The van der Waals surface area contributed by atoms with Gasteiger partial charge < -0.3 is 10.2 Å². The highest BCUT2D eigenvalue weighted by Gasteiger charge is 2.27. The van der Waals surface area contributed by atoms with Gasteiger partial charge >= 0.3 is 0 Å². The number of amides is 2. The first-order chi connectivity index (χ1) is 10.5. The van der Waals surface area contributed by atoms with E-state index in [2.05, 4.69) is 5.32 Å². The molecule has 1 saturated heterocycles. The molecular formula is C17H23FN2O2. The Morgan fingerprint density at radius 3 is 2.59 bits per heavy atom. The number of nitrogens with zero attached hydrogens (tertiary/aromatic N) is 1. The summed E-state index contributed by atoms with van der Waals surface area (Å²) in [7, 11) is 0. The van der Waals surface area contributed by atoms with Crippen LogP contribution < -0.4 is 5.32 Å². The van der Waals surface area contributed by atoms with Gasteiger partial charge in [-0.1, -0.05) is 19.9 Å². The largest absolute Gasteiger partial charge is 0.343 e. The molecular weight excluding hydrogens is 283 g/mol. The third kappa shape index (κ3) is 4.55. The minimum Gasteiger partial charge on any atom is -0.343 e. The molecule has 0 radical (unpaired) electrons. The van der Waals surface area contributed by atoms with E-state index in [1.54, 1.807) is 12.1 Å². The van der Waals surface area contributed by atoms with E-state index in [9.17, 15) is 14.0 Å². The van der Waals surface area contributed by atoms with Crippen LogP contribution in [0.1, 0.15) is 33.1 Å². The van der Waals surface area contributed by atoms with Gasteiger partial charge in [0.15, 0.2) is 0 Å². The maximum Gasteiger partial charge on any atom is 0.227 e. The van der Waals surface area contributed by atoms with Crippen LogP contribution in [0.4, 0.5) is 10.1 Å². The lowest BCUT2D eigenvalue weighted by Gasteiger charge is -2.31. The summed E-state index contributed by atoms with van der Waals surface area (Å²) in [5.74, 6) is -0.0692. The molecule has 0 unspecified atom stereocenters. The standard InChI is InChI=1S/C17H23FN2O2/c1-12(2)10-16(21)20-8-6-13(7-9-20)17(22)19-15-5-3-4-14(18)11-15/h3-5,11-13H,6-10H2,1-2H3,(H,19,22). The fourth-order valence-electron chi connectivity index (χ4n) is 2.68. The van der Waals surface area contributed by atoms with Crippen molar-refractivity contribution < 1.29 is 14.0 Å². The molecule has 1 aliphatic rings. The Hall–Kier alpha value is -1.91. The number of hydrogen-bond acceptors (Lipinski definition) is 2. The minimum absolute atomic E-state index is 0.0958. The molecule has 2 amide bonds. The van der Waals surface area contributed by atoms with Crippen LogP contribution in [0.15, 0.2) is 24.3 Å². The molecule has 1 aromatic carbocycles. The van der Waals surface area contributed by atoms with Crippen LogP contribution >= 0.6 is 0 Å². The molecule has 5 heteroatoms. The Morgan fingerprint density at radius 2 is 2.00 bits per heavy atom. The van der Waals surface area contributed by atoms with Gasteiger partial charge in [0.2, 0.25) is 11.8 Å². The van der Waals surface area contributed by atoms with E-state index in [0.29, 0.717) is 44.0 Å². The van der Waals surface area contributed by atoms with E-state index in [4.69, 9.17) is 0 Å². The highest BCUT2D eigenvalue weighted by atomic mass is 19.1. The van der Waals surface area contributed by atoms with E-state index in [1.165, 1.54) is 12.1 Å². The first kappa shape index (κ1) is 16.5. The number of piperidine rings is 1. The summed E-state index contributed by atoms with van der Waals surface area (Å²) < 4.78 is 13.1. The van der Waals surface area contributed by atoms with Gasteiger partial charge in [0.25, 0.3) is 0 Å². The van der Waals surface area contributed by atoms with Gasteiger partial charge in [-0.25, -0.2) is 4.39 Å². The monoisotopic (exact) mass is 306 g/mol. The molecule has 4 nitrogen and oxygen atoms in total. The van der Waals surface area contributed by atoms with Crippen LogP contribution in [-0.4, -0.2) is 29.8 Å². The molecule has 22 heavy (non-hydrogen) atoms. The van der Waals surface area contributed by atoms with Crippen molar-refractivity contribution in [3.05, 3.63) is 30.1 Å². The summed E-state index contributed by atoms with van der Waals surface area (Å²) in [6, 6.07) is 5.88. The van der Waals surface area contributed by atoms with Gasteiger partial charge in [-0.05, 0) is 37.0 Å². The molecule has 120 valence electrons. The molecule has 0 spiro atoms. The van der Waals surface area contributed by atoms with Crippen LogP contribution in [0.5, 0.6) is 0 Å². The van der Waals surface area contributed by atoms with Crippen molar-refractivity contribution in [2.45, 2.75) is 33.1 Å². The average Bonchev–Trinajstić information content (AvgIpc) is 2.46. The van der Waals surface area contributed by atoms with Crippen LogP contribution in [-0.2, 0) is 9.59 Å². The van der Waals surface area contributed by atoms with E-state index in [-0.39, 0.29) is 23.5 Å². The molecule has 1 N–H and O–H groups in total. The van der Waals surface area contributed by atoms with Crippen LogP contribution in [0.3, 0.4) is 0 Å². The molecule has 0 atom stereocenters. The van der Waals surface area contributed by atoms with Gasteiger partial charge in [0, 0.05) is 31.1 Å². The molecule has 1 heterocycles. The smallest absolute Gasteiger partial charge is 0.227 e. The Morgan fingerprint density at radius 1 is 1.32 bits per heavy atom. The molecule has 0 saturated carbocycles. The first-order valence-corrected chi connectivity index (χ1v) is 7.80. The molecule has 2 rings (SSSR count). The average molecular weight is 306 g/mol. The maximum absolute atomic E-state index is 13.1. The van der Waals surface area contributed by atoms with Crippen molar-refractivity contribution in [2.24, 2.45) is 11.8 Å². The van der Waals surface area contributed by atoms with Crippen LogP contribution in [0, 0.1) is 17.7 Å². The van der Waals surface area contributed by atoms with Gasteiger partial charge in [-0.2, -0.15) is 0 Å². The fourth-order valence-corrected chi connectivity index (χ4v) is 2.68. The number of anilines is 1. The number of carbonyl (C=O) groups is 2. The van der Waals surface area contributed by atoms with Gasteiger partial charge in [-0.15, -0.1) is 0 Å². The van der Waals surface area contributed by atoms with Gasteiger partial charge in [0.05, 0.1) is 0 Å². The quantitative estimate of drug-likeness (QED) is 0.929. The molecule has 0 aromatic heterocycles. The number of nitrogens with one attached hydrogen (secondary N) is 1. The van der Waals surface area contributed by atoms with Crippen molar-refractivity contribution in [3.63, 3.8) is 0 Å². The third-order valence-electron chi connectivity index (χ3n) is 3.89. The summed E-state index contributed by atoms with van der Waals surface area (Å²) >= 11 is 0. The number of rotatable bonds is 4. The second-order valence-electron chi connectivity index (χ2n) is 6.25. The zero-order valence-electron chi connectivity index (χ0n) is 13.1. The van der Waals surface area contributed by atoms with Crippen molar-refractivity contribution in [1.82, 2.24) is 4.90 Å². The van der Waals surface area contributed by atoms with E-state index in [1.807, 2.05) is 18.7 Å². The SMILES string of the molecule is CC(C)CC(=O)N1CCC(C(=O)Nc2cccc(F)c2)CC1. The Bertz CT molecular complexity index is 537. The van der Waals surface area contributed by atoms with E-state index >= 15 is 0 Å². The van der Waals surface area contributed by atoms with Crippen molar-refractivity contribution >= 4 is 17.5 Å². The normalized spacial score (nSPS) is 15.9. The summed E-state index contributed by atoms with van der Waals surface area (Å²) in [6.45, 7) is 5.29. The molecule has 1 aromatic rings. The van der Waals surface area contributed by atoms with Crippen LogP contribution in [0.2, 0.25) is 0 Å². The lowest BCUT2D eigenvalue weighted by molar-refractivity contribution is -0.135.